The number of rotatable bonds is 25. The van der Waals surface area contributed by atoms with Gasteiger partial charge in [-0.3, -0.25) is 9.59 Å². The zero-order valence-corrected chi connectivity index (χ0v) is 26.4. The minimum absolute atomic E-state index is 0.217. The Balaban J connectivity index is 2.49. The van der Waals surface area contributed by atoms with Crippen molar-refractivity contribution in [3.63, 3.8) is 0 Å². The van der Waals surface area contributed by atoms with Gasteiger partial charge in [-0.25, -0.2) is 0 Å². The molecule has 0 aliphatic carbocycles. The van der Waals surface area contributed by atoms with Crippen molar-refractivity contribution in [1.82, 2.24) is 0 Å². The molecule has 0 aromatic heterocycles. The first-order valence-corrected chi connectivity index (χ1v) is 16.4. The van der Waals surface area contributed by atoms with Crippen LogP contribution < -0.4 is 0 Å². The summed E-state index contributed by atoms with van der Waals surface area (Å²) in [5, 5.41) is 39.7. The average Bonchev–Trinajstić information content (AvgIpc) is 3.00. The van der Waals surface area contributed by atoms with Gasteiger partial charge < -0.3 is 39.4 Å². The molecule has 6 atom stereocenters. The molecule has 4 N–H and O–H groups in total. The zero-order chi connectivity index (χ0) is 31.7. The molecule has 0 saturated carbocycles. The molecule has 0 radical (unpaired) electrons. The molecule has 43 heavy (non-hydrogen) atoms. The van der Waals surface area contributed by atoms with Crippen LogP contribution in [-0.2, 0) is 28.5 Å². The van der Waals surface area contributed by atoms with E-state index in [1.807, 2.05) is 0 Å². The van der Waals surface area contributed by atoms with E-state index in [0.29, 0.717) is 12.8 Å². The minimum Gasteiger partial charge on any atom is -0.462 e. The van der Waals surface area contributed by atoms with Crippen LogP contribution >= 0.6 is 0 Å². The van der Waals surface area contributed by atoms with Gasteiger partial charge in [0.2, 0.25) is 0 Å². The number of hydrogen-bond donors (Lipinski definition) is 4. The van der Waals surface area contributed by atoms with E-state index in [4.69, 9.17) is 18.9 Å². The van der Waals surface area contributed by atoms with E-state index in [9.17, 15) is 30.0 Å². The van der Waals surface area contributed by atoms with Gasteiger partial charge in [0.25, 0.3) is 0 Å². The summed E-state index contributed by atoms with van der Waals surface area (Å²) in [5.74, 6) is -0.841. The fraction of sp³-hybridized carbons (Fsp3) is 0.818. The van der Waals surface area contributed by atoms with E-state index in [0.717, 1.165) is 77.0 Å². The summed E-state index contributed by atoms with van der Waals surface area (Å²) in [4.78, 5) is 24.9. The number of unbranched alkanes of at least 4 members (excludes halogenated alkanes) is 10. The molecule has 1 saturated heterocycles. The van der Waals surface area contributed by atoms with Gasteiger partial charge in [-0.05, 0) is 51.4 Å². The normalized spacial score (nSPS) is 23.2. The number of aliphatic hydroxyl groups excluding tert-OH is 4. The van der Waals surface area contributed by atoms with Crippen molar-refractivity contribution in [1.29, 1.82) is 0 Å². The molecule has 1 aliphatic heterocycles. The second-order valence-corrected chi connectivity index (χ2v) is 11.2. The van der Waals surface area contributed by atoms with Gasteiger partial charge in [0.15, 0.2) is 12.4 Å². The lowest BCUT2D eigenvalue weighted by atomic mass is 9.99. The highest BCUT2D eigenvalue weighted by Crippen LogP contribution is 2.22. The van der Waals surface area contributed by atoms with Crippen LogP contribution in [-0.4, -0.2) is 89.0 Å². The molecular weight excluding hydrogens is 556 g/mol. The van der Waals surface area contributed by atoms with Crippen LogP contribution in [0.4, 0.5) is 0 Å². The summed E-state index contributed by atoms with van der Waals surface area (Å²) in [6.45, 7) is 3.14. The second-order valence-electron chi connectivity index (χ2n) is 11.2. The van der Waals surface area contributed by atoms with Gasteiger partial charge in [-0.2, -0.15) is 0 Å². The highest BCUT2D eigenvalue weighted by molar-refractivity contribution is 5.70. The Hall–Kier alpha value is -1.82. The molecule has 1 fully saturated rings. The molecule has 0 unspecified atom stereocenters. The van der Waals surface area contributed by atoms with Crippen molar-refractivity contribution in [2.75, 3.05) is 19.8 Å². The van der Waals surface area contributed by atoms with Crippen LogP contribution in [0.15, 0.2) is 24.3 Å². The van der Waals surface area contributed by atoms with Gasteiger partial charge in [0.05, 0.1) is 13.2 Å². The Morgan fingerprint density at radius 2 is 1.23 bits per heavy atom. The van der Waals surface area contributed by atoms with E-state index >= 15 is 0 Å². The van der Waals surface area contributed by atoms with Crippen LogP contribution in [0.2, 0.25) is 0 Å². The summed E-state index contributed by atoms with van der Waals surface area (Å²) in [5.41, 5.74) is 0. The topological polar surface area (TPSA) is 152 Å². The minimum atomic E-state index is -1.59. The number of carbonyl (C=O) groups is 2. The van der Waals surface area contributed by atoms with Crippen molar-refractivity contribution in [2.45, 2.75) is 153 Å². The lowest BCUT2D eigenvalue weighted by Crippen LogP contribution is -2.59. The Labute approximate surface area is 258 Å². The molecule has 0 spiro atoms. The van der Waals surface area contributed by atoms with E-state index < -0.39 is 55.4 Å². The summed E-state index contributed by atoms with van der Waals surface area (Å²) in [6.07, 6.45) is 15.1. The van der Waals surface area contributed by atoms with Crippen LogP contribution in [0.25, 0.3) is 0 Å². The van der Waals surface area contributed by atoms with Gasteiger partial charge in [-0.15, -0.1) is 0 Å². The zero-order valence-electron chi connectivity index (χ0n) is 26.4. The Morgan fingerprint density at radius 3 is 1.79 bits per heavy atom. The average molecular weight is 615 g/mol. The molecule has 0 aromatic carbocycles. The summed E-state index contributed by atoms with van der Waals surface area (Å²) in [7, 11) is 0. The van der Waals surface area contributed by atoms with E-state index in [-0.39, 0.29) is 26.1 Å². The quantitative estimate of drug-likeness (QED) is 0.0649. The van der Waals surface area contributed by atoms with Crippen LogP contribution in [0.3, 0.4) is 0 Å². The second kappa shape index (κ2) is 25.5. The number of ether oxygens (including phenoxy) is 4. The fourth-order valence-corrected chi connectivity index (χ4v) is 4.72. The maximum Gasteiger partial charge on any atom is 0.306 e. The first-order valence-electron chi connectivity index (χ1n) is 16.4. The molecule has 10 nitrogen and oxygen atoms in total. The Morgan fingerprint density at radius 1 is 0.698 bits per heavy atom. The van der Waals surface area contributed by atoms with Crippen LogP contribution in [0.1, 0.15) is 117 Å². The highest BCUT2D eigenvalue weighted by Gasteiger charge is 2.44. The third-order valence-electron chi connectivity index (χ3n) is 7.33. The number of carbonyl (C=O) groups excluding carboxylic acids is 2. The number of esters is 2. The molecule has 0 bridgehead atoms. The Bertz CT molecular complexity index is 769. The van der Waals surface area contributed by atoms with Crippen molar-refractivity contribution in [3.8, 4) is 0 Å². The highest BCUT2D eigenvalue weighted by atomic mass is 16.7. The molecule has 250 valence electrons. The molecule has 0 amide bonds. The van der Waals surface area contributed by atoms with Crippen LogP contribution in [0, 0.1) is 0 Å². The molecule has 1 heterocycles. The predicted molar refractivity (Wildman–Crippen MR) is 164 cm³/mol. The molecule has 1 aliphatic rings. The maximum absolute atomic E-state index is 12.6. The molecule has 0 aromatic rings. The van der Waals surface area contributed by atoms with Crippen molar-refractivity contribution >= 4 is 11.9 Å². The molecular formula is C33H58O10. The van der Waals surface area contributed by atoms with Gasteiger partial charge >= 0.3 is 11.9 Å². The van der Waals surface area contributed by atoms with Gasteiger partial charge in [-0.1, -0.05) is 76.7 Å². The lowest BCUT2D eigenvalue weighted by molar-refractivity contribution is -0.305. The summed E-state index contributed by atoms with van der Waals surface area (Å²) >= 11 is 0. The van der Waals surface area contributed by atoms with E-state index in [1.54, 1.807) is 0 Å². The lowest BCUT2D eigenvalue weighted by Gasteiger charge is -2.39. The third kappa shape index (κ3) is 18.6. The number of hydrogen-bond acceptors (Lipinski definition) is 10. The fourth-order valence-electron chi connectivity index (χ4n) is 4.72. The van der Waals surface area contributed by atoms with Gasteiger partial charge in [0, 0.05) is 12.8 Å². The monoisotopic (exact) mass is 614 g/mol. The number of allylic oxidation sites excluding steroid dienone is 4. The summed E-state index contributed by atoms with van der Waals surface area (Å²) in [6, 6.07) is 0. The first kappa shape index (κ1) is 39.2. The Kier molecular flexibility index (Phi) is 23.3. The summed E-state index contributed by atoms with van der Waals surface area (Å²) < 4.78 is 21.9. The molecule has 10 heteroatoms. The third-order valence-corrected chi connectivity index (χ3v) is 7.33. The number of aliphatic hydroxyl groups is 4. The van der Waals surface area contributed by atoms with E-state index in [1.165, 1.54) is 0 Å². The molecule has 1 rings (SSSR count). The van der Waals surface area contributed by atoms with Crippen molar-refractivity contribution < 1.29 is 49.0 Å². The smallest absolute Gasteiger partial charge is 0.306 e. The van der Waals surface area contributed by atoms with Crippen molar-refractivity contribution in [3.05, 3.63) is 24.3 Å². The van der Waals surface area contributed by atoms with Crippen LogP contribution in [0.5, 0.6) is 0 Å². The van der Waals surface area contributed by atoms with E-state index in [2.05, 4.69) is 38.2 Å². The predicted octanol–water partition coefficient (Wildman–Crippen LogP) is 4.65. The first-order chi connectivity index (χ1) is 20.8. The van der Waals surface area contributed by atoms with Gasteiger partial charge in [0.1, 0.15) is 31.0 Å². The van der Waals surface area contributed by atoms with Crippen molar-refractivity contribution in [2.24, 2.45) is 0 Å². The SMILES string of the molecule is CC/C=C/CCCCCCCC(=O)OC[C@H](CO[C@@H]1O[C@H](CO)[C@H](O)[C@H](O)[C@H]1O)OC(=O)CCCCCCC/C=C/CC. The maximum atomic E-state index is 12.6. The largest absolute Gasteiger partial charge is 0.462 e. The standard InChI is InChI=1S/C33H58O10/c1-3-5-7-9-11-13-15-17-19-21-28(35)40-24-26(25-41-33-32(39)31(38)30(37)27(23-34)43-33)42-29(36)22-20-18-16-14-12-10-8-6-4-2/h5-8,26-27,30-34,37-39H,3-4,9-25H2,1-2H3/b7-5+,8-6+/t26-,27-,30+,31+,32-,33-/m1/s1.